The first-order valence-electron chi connectivity index (χ1n) is 10.9. The highest BCUT2D eigenvalue weighted by Crippen LogP contribution is 2.29. The number of piperidine rings is 1. The maximum Gasteiger partial charge on any atom is 0.241 e. The van der Waals surface area contributed by atoms with Crippen molar-refractivity contribution in [2.24, 2.45) is 0 Å². The summed E-state index contributed by atoms with van der Waals surface area (Å²) in [6.45, 7) is 2.73. The van der Waals surface area contributed by atoms with Crippen LogP contribution in [0.25, 0.3) is 11.4 Å². The molecule has 160 valence electrons. The quantitative estimate of drug-likeness (QED) is 0.638. The zero-order chi connectivity index (χ0) is 21.2. The van der Waals surface area contributed by atoms with Crippen LogP contribution in [0.1, 0.15) is 36.6 Å². The van der Waals surface area contributed by atoms with Gasteiger partial charge in [0.05, 0.1) is 12.5 Å². The van der Waals surface area contributed by atoms with E-state index in [0.29, 0.717) is 30.4 Å². The average molecular weight is 420 g/mol. The summed E-state index contributed by atoms with van der Waals surface area (Å²) in [5, 5.41) is 4.04. The number of benzene rings is 2. The molecule has 2 aliphatic rings. The summed E-state index contributed by atoms with van der Waals surface area (Å²) in [6, 6.07) is 14.4. The summed E-state index contributed by atoms with van der Waals surface area (Å²) >= 11 is 0. The molecule has 7 heteroatoms. The van der Waals surface area contributed by atoms with Gasteiger partial charge in [-0.05, 0) is 56.0 Å². The molecule has 3 heterocycles. The molecule has 31 heavy (non-hydrogen) atoms. The van der Waals surface area contributed by atoms with Crippen LogP contribution < -0.4 is 4.90 Å². The van der Waals surface area contributed by atoms with E-state index in [-0.39, 0.29) is 17.6 Å². The van der Waals surface area contributed by atoms with E-state index in [1.807, 2.05) is 23.1 Å². The summed E-state index contributed by atoms with van der Waals surface area (Å²) in [6.07, 6.45) is 3.92. The van der Waals surface area contributed by atoms with Crippen molar-refractivity contribution in [2.75, 3.05) is 31.1 Å². The average Bonchev–Trinajstić information content (AvgIpc) is 3.29. The number of aromatic nitrogens is 2. The molecule has 5 rings (SSSR count). The number of likely N-dealkylation sites (tertiary alicyclic amines) is 1. The molecular weight excluding hydrogens is 395 g/mol. The summed E-state index contributed by atoms with van der Waals surface area (Å²) in [5.41, 5.74) is 2.89. The summed E-state index contributed by atoms with van der Waals surface area (Å²) in [7, 11) is 0. The second-order valence-corrected chi connectivity index (χ2v) is 8.32. The van der Waals surface area contributed by atoms with Crippen LogP contribution in [0.2, 0.25) is 0 Å². The highest BCUT2D eigenvalue weighted by atomic mass is 19.1. The van der Waals surface area contributed by atoms with Gasteiger partial charge in [0.15, 0.2) is 0 Å². The van der Waals surface area contributed by atoms with Crippen LogP contribution in [0.15, 0.2) is 53.1 Å². The Bertz CT molecular complexity index is 1080. The predicted octanol–water partition coefficient (Wildman–Crippen LogP) is 4.03. The third-order valence-electron chi connectivity index (χ3n) is 6.15. The minimum Gasteiger partial charge on any atom is -0.339 e. The minimum atomic E-state index is -0.328. The second-order valence-electron chi connectivity index (χ2n) is 8.32. The maximum absolute atomic E-state index is 13.5. The molecule has 1 atom stereocenters. The van der Waals surface area contributed by atoms with E-state index < -0.39 is 0 Å². The summed E-state index contributed by atoms with van der Waals surface area (Å²) in [5.74, 6) is 0.835. The first kappa shape index (κ1) is 19.9. The molecule has 0 aliphatic carbocycles. The number of hydrogen-bond acceptors (Lipinski definition) is 5. The highest BCUT2D eigenvalue weighted by Gasteiger charge is 2.29. The van der Waals surface area contributed by atoms with E-state index in [2.05, 4.69) is 21.1 Å². The number of aryl methyl sites for hydroxylation is 1. The first-order valence-corrected chi connectivity index (χ1v) is 10.9. The fourth-order valence-corrected chi connectivity index (χ4v) is 4.62. The topological polar surface area (TPSA) is 62.5 Å². The number of para-hydroxylation sites is 1. The smallest absolute Gasteiger partial charge is 0.241 e. The van der Waals surface area contributed by atoms with Crippen molar-refractivity contribution in [1.29, 1.82) is 0 Å². The van der Waals surface area contributed by atoms with Gasteiger partial charge in [-0.3, -0.25) is 9.69 Å². The molecule has 0 saturated carbocycles. The van der Waals surface area contributed by atoms with Gasteiger partial charge in [0, 0.05) is 24.3 Å². The monoisotopic (exact) mass is 420 g/mol. The van der Waals surface area contributed by atoms with Crippen molar-refractivity contribution >= 4 is 11.6 Å². The molecule has 1 unspecified atom stereocenters. The van der Waals surface area contributed by atoms with Gasteiger partial charge in [-0.15, -0.1) is 0 Å². The van der Waals surface area contributed by atoms with Crippen molar-refractivity contribution in [3.63, 3.8) is 0 Å². The maximum atomic E-state index is 13.5. The van der Waals surface area contributed by atoms with Crippen LogP contribution >= 0.6 is 0 Å². The summed E-state index contributed by atoms with van der Waals surface area (Å²) < 4.78 is 19.0. The second kappa shape index (κ2) is 8.59. The normalized spacial score (nSPS) is 19.3. The Balaban J connectivity index is 1.26. The molecule has 1 fully saturated rings. The van der Waals surface area contributed by atoms with Crippen LogP contribution in [0.5, 0.6) is 0 Å². The molecule has 6 nitrogen and oxygen atoms in total. The number of anilines is 1. The minimum absolute atomic E-state index is 0.0741. The largest absolute Gasteiger partial charge is 0.339 e. The Hall–Kier alpha value is -3.06. The number of hydrogen-bond donors (Lipinski definition) is 0. The van der Waals surface area contributed by atoms with E-state index in [1.54, 1.807) is 12.1 Å². The standard InChI is InChI=1S/C24H25FN4O2/c25-20-10-3-7-18(14-20)23-26-24(31-27-23)19-9-4-12-28(15-19)16-22(30)29-13-5-8-17-6-1-2-11-21(17)29/h1-3,6-7,10-11,14,19H,4-5,8-9,12-13,15-16H2. The van der Waals surface area contributed by atoms with E-state index in [1.165, 1.54) is 17.7 Å². The van der Waals surface area contributed by atoms with Crippen LogP contribution in [-0.2, 0) is 11.2 Å². The molecule has 0 spiro atoms. The summed E-state index contributed by atoms with van der Waals surface area (Å²) in [4.78, 5) is 21.7. The van der Waals surface area contributed by atoms with Gasteiger partial charge >= 0.3 is 0 Å². The van der Waals surface area contributed by atoms with Gasteiger partial charge < -0.3 is 9.42 Å². The van der Waals surface area contributed by atoms with Crippen molar-refractivity contribution in [1.82, 2.24) is 15.0 Å². The van der Waals surface area contributed by atoms with Gasteiger partial charge in [0.1, 0.15) is 5.82 Å². The van der Waals surface area contributed by atoms with E-state index in [0.717, 1.165) is 44.5 Å². The van der Waals surface area contributed by atoms with Gasteiger partial charge in [-0.2, -0.15) is 4.98 Å². The van der Waals surface area contributed by atoms with Crippen LogP contribution in [0, 0.1) is 5.82 Å². The number of carbonyl (C=O) groups excluding carboxylic acids is 1. The van der Waals surface area contributed by atoms with E-state index in [9.17, 15) is 9.18 Å². The Morgan fingerprint density at radius 2 is 2.03 bits per heavy atom. The third kappa shape index (κ3) is 4.23. The number of halogens is 1. The van der Waals surface area contributed by atoms with E-state index >= 15 is 0 Å². The van der Waals surface area contributed by atoms with Crippen molar-refractivity contribution in [3.05, 3.63) is 65.8 Å². The lowest BCUT2D eigenvalue weighted by molar-refractivity contribution is -0.120. The Labute approximate surface area is 180 Å². The fraction of sp³-hybridized carbons (Fsp3) is 0.375. The number of fused-ring (bicyclic) bond motifs is 1. The third-order valence-corrected chi connectivity index (χ3v) is 6.15. The van der Waals surface area contributed by atoms with Crippen LogP contribution in [-0.4, -0.2) is 47.1 Å². The van der Waals surface area contributed by atoms with Crippen molar-refractivity contribution < 1.29 is 13.7 Å². The highest BCUT2D eigenvalue weighted by molar-refractivity contribution is 5.96. The van der Waals surface area contributed by atoms with Gasteiger partial charge in [-0.25, -0.2) is 4.39 Å². The molecule has 1 amide bonds. The Morgan fingerprint density at radius 1 is 1.13 bits per heavy atom. The molecule has 2 aliphatic heterocycles. The van der Waals surface area contributed by atoms with Gasteiger partial charge in [0.2, 0.25) is 17.6 Å². The lowest BCUT2D eigenvalue weighted by atomic mass is 9.97. The first-order chi connectivity index (χ1) is 15.2. The van der Waals surface area contributed by atoms with E-state index in [4.69, 9.17) is 4.52 Å². The molecule has 2 aromatic carbocycles. The number of amides is 1. The predicted molar refractivity (Wildman–Crippen MR) is 115 cm³/mol. The van der Waals surface area contributed by atoms with Crippen molar-refractivity contribution in [2.45, 2.75) is 31.6 Å². The molecule has 0 radical (unpaired) electrons. The lowest BCUT2D eigenvalue weighted by Gasteiger charge is -2.34. The van der Waals surface area contributed by atoms with Gasteiger partial charge in [-0.1, -0.05) is 35.5 Å². The van der Waals surface area contributed by atoms with Crippen molar-refractivity contribution in [3.8, 4) is 11.4 Å². The molecule has 1 saturated heterocycles. The zero-order valence-electron chi connectivity index (χ0n) is 17.3. The number of carbonyl (C=O) groups is 1. The van der Waals surface area contributed by atoms with Gasteiger partial charge in [0.25, 0.3) is 0 Å². The lowest BCUT2D eigenvalue weighted by Crippen LogP contribution is -2.45. The molecule has 1 aromatic heterocycles. The Morgan fingerprint density at radius 3 is 2.94 bits per heavy atom. The number of rotatable bonds is 4. The molecule has 0 bridgehead atoms. The SMILES string of the molecule is O=C(CN1CCCC(c2nc(-c3cccc(F)c3)no2)C1)N1CCCc2ccccc21. The molecule has 3 aromatic rings. The number of nitrogens with zero attached hydrogens (tertiary/aromatic N) is 4. The fourth-order valence-electron chi connectivity index (χ4n) is 4.62. The van der Waals surface area contributed by atoms with Crippen LogP contribution in [0.3, 0.4) is 0 Å². The zero-order valence-corrected chi connectivity index (χ0v) is 17.3. The molecular formula is C24H25FN4O2. The molecule has 0 N–H and O–H groups in total. The van der Waals surface area contributed by atoms with Crippen LogP contribution in [0.4, 0.5) is 10.1 Å². The Kier molecular flexibility index (Phi) is 5.51.